The average Bonchev–Trinajstić information content (AvgIpc) is 3.50. The van der Waals surface area contributed by atoms with Crippen molar-refractivity contribution >= 4 is 11.9 Å². The van der Waals surface area contributed by atoms with Crippen LogP contribution < -0.4 is 0 Å². The number of nitrogens with zero attached hydrogens (tertiary/aromatic N) is 1. The summed E-state index contributed by atoms with van der Waals surface area (Å²) in [5.74, 6) is 3.35. The van der Waals surface area contributed by atoms with Gasteiger partial charge in [-0.25, -0.2) is 4.79 Å². The van der Waals surface area contributed by atoms with E-state index in [2.05, 4.69) is 65.0 Å². The van der Waals surface area contributed by atoms with Gasteiger partial charge in [0.25, 0.3) is 0 Å². The van der Waals surface area contributed by atoms with Crippen LogP contribution in [0.2, 0.25) is 0 Å². The molecule has 3 aromatic rings. The molecule has 11 rings (SSSR count). The minimum Gasteiger partial charge on any atom is -0.446 e. The molecule has 3 aromatic carbocycles. The summed E-state index contributed by atoms with van der Waals surface area (Å²) >= 11 is 0. The average molecular weight is 854 g/mol. The molecule has 338 valence electrons. The van der Waals surface area contributed by atoms with Gasteiger partial charge in [0, 0.05) is 23.1 Å². The molecule has 7 atom stereocenters. The van der Waals surface area contributed by atoms with E-state index in [1.807, 2.05) is 53.4 Å². The molecule has 6 bridgehead atoms. The van der Waals surface area contributed by atoms with E-state index in [-0.39, 0.29) is 35.9 Å². The molecule has 63 heavy (non-hydrogen) atoms. The Morgan fingerprint density at radius 1 is 0.825 bits per heavy atom. The second kappa shape index (κ2) is 17.9. The highest BCUT2D eigenvalue weighted by molar-refractivity contribution is 6.13. The van der Waals surface area contributed by atoms with E-state index in [1.54, 1.807) is 0 Å². The second-order valence-corrected chi connectivity index (χ2v) is 22.7. The number of fused-ring (bicyclic) bond motifs is 8. The van der Waals surface area contributed by atoms with Gasteiger partial charge in [0.05, 0.1) is 18.2 Å². The Labute approximate surface area is 378 Å². The number of allylic oxidation sites excluding steroid dienone is 2. The van der Waals surface area contributed by atoms with Crippen molar-refractivity contribution in [3.8, 4) is 11.1 Å². The van der Waals surface area contributed by atoms with E-state index < -0.39 is 17.1 Å². The Hall–Kier alpha value is -3.74. The highest BCUT2D eigenvalue weighted by Crippen LogP contribution is 2.62. The topological polar surface area (TPSA) is 87.1 Å². The molecule has 6 heteroatoms. The van der Waals surface area contributed by atoms with Gasteiger partial charge in [0.15, 0.2) is 5.78 Å². The smallest absolute Gasteiger partial charge is 0.410 e. The first-order valence-electron chi connectivity index (χ1n) is 25.0. The number of aliphatic hydroxyl groups excluding tert-OH is 1. The number of amides is 1. The van der Waals surface area contributed by atoms with Crippen molar-refractivity contribution in [2.75, 3.05) is 13.1 Å². The van der Waals surface area contributed by atoms with Gasteiger partial charge < -0.3 is 19.8 Å². The molecule has 0 heterocycles. The lowest BCUT2D eigenvalue weighted by Gasteiger charge is -2.58. The quantitative estimate of drug-likeness (QED) is 0.165. The van der Waals surface area contributed by atoms with E-state index in [0.29, 0.717) is 67.5 Å². The van der Waals surface area contributed by atoms with Crippen LogP contribution in [-0.4, -0.2) is 57.9 Å². The lowest BCUT2D eigenvalue weighted by molar-refractivity contribution is -0.108. The second-order valence-electron chi connectivity index (χ2n) is 22.7. The molecule has 0 aliphatic heterocycles. The predicted octanol–water partition coefficient (Wildman–Crippen LogP) is 12.7. The summed E-state index contributed by atoms with van der Waals surface area (Å²) in [5, 5.41) is 24.9. The van der Waals surface area contributed by atoms with Gasteiger partial charge in [0.1, 0.15) is 6.10 Å². The lowest BCUT2D eigenvalue weighted by Crippen LogP contribution is -2.58. The molecule has 6 saturated carbocycles. The summed E-state index contributed by atoms with van der Waals surface area (Å²) in [6.07, 6.45) is 16.8. The molecule has 0 aromatic heterocycles. The summed E-state index contributed by atoms with van der Waals surface area (Å²) in [6.45, 7) is 12.2. The van der Waals surface area contributed by atoms with Crippen molar-refractivity contribution in [3.05, 3.63) is 107 Å². The number of ketones is 1. The minimum atomic E-state index is -1.22. The lowest BCUT2D eigenvalue weighted by atomic mass is 9.49. The van der Waals surface area contributed by atoms with E-state index >= 15 is 9.59 Å². The van der Waals surface area contributed by atoms with Crippen molar-refractivity contribution < 1.29 is 24.5 Å². The molecule has 6 fully saturated rings. The van der Waals surface area contributed by atoms with Crippen molar-refractivity contribution in [2.24, 2.45) is 46.3 Å². The minimum absolute atomic E-state index is 0.0325. The van der Waals surface area contributed by atoms with E-state index in [1.165, 1.54) is 50.5 Å². The van der Waals surface area contributed by atoms with Crippen LogP contribution in [0.5, 0.6) is 0 Å². The summed E-state index contributed by atoms with van der Waals surface area (Å²) in [4.78, 5) is 32.4. The third kappa shape index (κ3) is 8.99. The van der Waals surface area contributed by atoms with Crippen molar-refractivity contribution in [2.45, 2.75) is 161 Å². The molecule has 1 amide bonds. The van der Waals surface area contributed by atoms with Gasteiger partial charge in [-0.1, -0.05) is 112 Å². The Balaban J connectivity index is 1.11. The molecule has 8 aliphatic rings. The van der Waals surface area contributed by atoms with Crippen LogP contribution in [0.1, 0.15) is 164 Å². The molecule has 2 N–H and O–H groups in total. The SMILES string of the molecule is CC1=CCCC2(C)C(CCC2(O)CN(CC23CC4CC(CC(C4)C2)C3)C(=O)OC2CC(C)CCC2C(C)C)c2ccc(cc2C(=O)c2ccccc2-c2ccccc2)CC(O)CC1. The van der Waals surface area contributed by atoms with Gasteiger partial charge >= 0.3 is 6.09 Å². The Kier molecular flexibility index (Phi) is 12.6. The summed E-state index contributed by atoms with van der Waals surface area (Å²) in [7, 11) is 0. The van der Waals surface area contributed by atoms with Crippen LogP contribution >= 0.6 is 0 Å². The number of rotatable bonds is 9. The maximum absolute atomic E-state index is 15.3. The number of hydrogen-bond acceptors (Lipinski definition) is 5. The van der Waals surface area contributed by atoms with Crippen LogP contribution in [0, 0.1) is 46.3 Å². The zero-order valence-corrected chi connectivity index (χ0v) is 39.0. The fourth-order valence-corrected chi connectivity index (χ4v) is 14.7. The number of hydrogen-bond donors (Lipinski definition) is 2. The van der Waals surface area contributed by atoms with Gasteiger partial charge in [-0.3, -0.25) is 4.79 Å². The fourth-order valence-electron chi connectivity index (χ4n) is 14.7. The first-order chi connectivity index (χ1) is 30.2. The van der Waals surface area contributed by atoms with Gasteiger partial charge in [-0.2, -0.15) is 0 Å². The van der Waals surface area contributed by atoms with Gasteiger partial charge in [-0.05, 0) is 178 Å². The first kappa shape index (κ1) is 44.5. The Morgan fingerprint density at radius 3 is 2.24 bits per heavy atom. The van der Waals surface area contributed by atoms with Crippen LogP contribution in [0.4, 0.5) is 4.79 Å². The van der Waals surface area contributed by atoms with Gasteiger partial charge in [-0.15, -0.1) is 0 Å². The van der Waals surface area contributed by atoms with Crippen LogP contribution in [0.25, 0.3) is 11.1 Å². The maximum atomic E-state index is 15.3. The maximum Gasteiger partial charge on any atom is 0.410 e. The molecule has 0 saturated heterocycles. The number of aliphatic hydroxyl groups is 2. The van der Waals surface area contributed by atoms with E-state index in [0.717, 1.165) is 65.7 Å². The zero-order chi connectivity index (χ0) is 44.1. The van der Waals surface area contributed by atoms with E-state index in [4.69, 9.17) is 4.74 Å². The highest BCUT2D eigenvalue weighted by Gasteiger charge is 2.59. The Bertz CT molecular complexity index is 2120. The van der Waals surface area contributed by atoms with Crippen molar-refractivity contribution in [3.63, 3.8) is 0 Å². The van der Waals surface area contributed by atoms with E-state index in [9.17, 15) is 10.2 Å². The molecular formula is C57H75NO5. The molecular weight excluding hydrogens is 779 g/mol. The molecule has 0 radical (unpaired) electrons. The standard InChI is InChI=1S/C57H75NO5/c1-37(2)46-21-18-39(4)26-52(46)63-54(61)58(35-56-32-41-27-42(33-56)29-43(28-41)34-56)36-57(62)25-23-51-48-22-19-40(30-45(59)20-17-38(3)12-11-24-55(51,57)5)31-50(48)53(60)49-16-10-9-15-47(49)44-13-7-6-8-14-44/h6-10,12-16,19,22,31,37,39,41-43,45-46,51-52,59,62H,11,17-18,20-21,23-30,32-36H2,1-5H3. The van der Waals surface area contributed by atoms with Crippen LogP contribution in [0.15, 0.2) is 84.4 Å². The number of carbonyl (C=O) groups is 2. The molecule has 7 unspecified atom stereocenters. The van der Waals surface area contributed by atoms with Crippen molar-refractivity contribution in [1.82, 2.24) is 4.90 Å². The largest absolute Gasteiger partial charge is 0.446 e. The number of carbonyl (C=O) groups excluding carboxylic acids is 2. The van der Waals surface area contributed by atoms with Crippen LogP contribution in [-0.2, 0) is 11.2 Å². The molecule has 0 spiro atoms. The number of benzene rings is 3. The highest BCUT2D eigenvalue weighted by atomic mass is 16.6. The predicted molar refractivity (Wildman–Crippen MR) is 253 cm³/mol. The zero-order valence-electron chi connectivity index (χ0n) is 39.0. The normalized spacial score (nSPS) is 35.2. The third-order valence-corrected chi connectivity index (χ3v) is 17.8. The van der Waals surface area contributed by atoms with Crippen LogP contribution in [0.3, 0.4) is 0 Å². The fraction of sp³-hybridized carbons (Fsp3) is 0.614. The summed E-state index contributed by atoms with van der Waals surface area (Å²) in [6, 6.07) is 24.3. The van der Waals surface area contributed by atoms with Gasteiger partial charge in [0.2, 0.25) is 0 Å². The monoisotopic (exact) mass is 854 g/mol. The molecule has 6 nitrogen and oxygen atoms in total. The van der Waals surface area contributed by atoms with Crippen molar-refractivity contribution in [1.29, 1.82) is 0 Å². The number of ether oxygens (including phenoxy) is 1. The molecule has 8 aliphatic carbocycles. The first-order valence-corrected chi connectivity index (χ1v) is 25.0. The summed E-state index contributed by atoms with van der Waals surface area (Å²) < 4.78 is 6.76. The summed E-state index contributed by atoms with van der Waals surface area (Å²) in [5.41, 5.74) is 4.55. The third-order valence-electron chi connectivity index (χ3n) is 17.8. The Morgan fingerprint density at radius 2 is 1.52 bits per heavy atom.